The second-order valence-electron chi connectivity index (χ2n) is 4.10. The van der Waals surface area contributed by atoms with Crippen LogP contribution in [0, 0.1) is 0 Å². The maximum atomic E-state index is 9.62. The Labute approximate surface area is 100 Å². The molecule has 0 saturated carbocycles. The van der Waals surface area contributed by atoms with Crippen molar-refractivity contribution in [3.8, 4) is 0 Å². The van der Waals surface area contributed by atoms with Gasteiger partial charge in [-0.05, 0) is 30.7 Å². The van der Waals surface area contributed by atoms with E-state index in [9.17, 15) is 5.11 Å². The topological polar surface area (TPSA) is 35.8 Å². The van der Waals surface area contributed by atoms with Crippen LogP contribution < -0.4 is 0 Å². The number of aliphatic hydroxyl groups is 1. The Morgan fingerprint density at radius 2 is 2.50 bits per heavy atom. The summed E-state index contributed by atoms with van der Waals surface area (Å²) < 4.78 is 0. The van der Waals surface area contributed by atoms with Crippen LogP contribution in [0.5, 0.6) is 0 Å². The van der Waals surface area contributed by atoms with Gasteiger partial charge in [-0.2, -0.15) is 5.10 Å². The first kappa shape index (κ1) is 11.6. The van der Waals surface area contributed by atoms with Gasteiger partial charge in [-0.25, -0.2) is 0 Å². The van der Waals surface area contributed by atoms with Crippen LogP contribution in [-0.2, 0) is 0 Å². The third-order valence-electron chi connectivity index (χ3n) is 2.79. The molecular formula is C12H18N2OS. The van der Waals surface area contributed by atoms with Crippen molar-refractivity contribution >= 4 is 17.0 Å². The van der Waals surface area contributed by atoms with Gasteiger partial charge in [-0.1, -0.05) is 13.0 Å². The number of nitrogens with zero attached hydrogens (tertiary/aromatic N) is 2. The van der Waals surface area contributed by atoms with Gasteiger partial charge in [0, 0.05) is 6.54 Å². The molecule has 1 N–H and O–H groups in total. The summed E-state index contributed by atoms with van der Waals surface area (Å²) in [5.41, 5.74) is 1.17. The Bertz CT molecular complexity index is 348. The maximum Gasteiger partial charge on any atom is 0.0777 e. The molecule has 0 aromatic carbocycles. The van der Waals surface area contributed by atoms with E-state index in [0.717, 1.165) is 25.8 Å². The van der Waals surface area contributed by atoms with Crippen LogP contribution in [0.4, 0.5) is 0 Å². The Kier molecular flexibility index (Phi) is 3.96. The highest BCUT2D eigenvalue weighted by Gasteiger charge is 2.16. The van der Waals surface area contributed by atoms with Gasteiger partial charge in [-0.3, -0.25) is 5.01 Å². The van der Waals surface area contributed by atoms with Crippen LogP contribution in [0.25, 0.3) is 0 Å². The van der Waals surface area contributed by atoms with Crippen LogP contribution in [0.1, 0.15) is 31.1 Å². The molecule has 1 aliphatic heterocycles. The number of aliphatic hydroxyl groups excluding tert-OH is 1. The molecule has 2 heterocycles. The molecule has 0 amide bonds. The number of hydrogen-bond acceptors (Lipinski definition) is 4. The fourth-order valence-corrected chi connectivity index (χ4v) is 2.56. The van der Waals surface area contributed by atoms with E-state index in [1.165, 1.54) is 10.6 Å². The van der Waals surface area contributed by atoms with E-state index in [2.05, 4.69) is 22.6 Å². The van der Waals surface area contributed by atoms with E-state index in [1.807, 2.05) is 11.9 Å². The lowest BCUT2D eigenvalue weighted by Crippen LogP contribution is -2.32. The van der Waals surface area contributed by atoms with Crippen molar-refractivity contribution in [3.05, 3.63) is 22.4 Å². The van der Waals surface area contributed by atoms with Gasteiger partial charge in [0.1, 0.15) is 0 Å². The number of hydrazone groups is 1. The van der Waals surface area contributed by atoms with Gasteiger partial charge in [0.05, 0.1) is 23.2 Å². The molecular weight excluding hydrogens is 220 g/mol. The van der Waals surface area contributed by atoms with Crippen LogP contribution >= 0.6 is 11.3 Å². The summed E-state index contributed by atoms with van der Waals surface area (Å²) in [7, 11) is 0. The molecule has 1 aliphatic rings. The minimum Gasteiger partial charge on any atom is -0.391 e. The zero-order chi connectivity index (χ0) is 11.4. The summed E-state index contributed by atoms with van der Waals surface area (Å²) >= 11 is 1.74. The largest absolute Gasteiger partial charge is 0.391 e. The van der Waals surface area contributed by atoms with Crippen molar-refractivity contribution in [1.82, 2.24) is 5.01 Å². The van der Waals surface area contributed by atoms with Crippen molar-refractivity contribution in [3.63, 3.8) is 0 Å². The first-order chi connectivity index (χ1) is 7.79. The second-order valence-corrected chi connectivity index (χ2v) is 5.05. The summed E-state index contributed by atoms with van der Waals surface area (Å²) in [6, 6.07) is 4.17. The molecule has 0 aliphatic carbocycles. The van der Waals surface area contributed by atoms with Crippen molar-refractivity contribution < 1.29 is 5.11 Å². The van der Waals surface area contributed by atoms with Gasteiger partial charge in [0.25, 0.3) is 0 Å². The minimum atomic E-state index is -0.258. The average molecular weight is 238 g/mol. The number of hydrogen-bond donors (Lipinski definition) is 1. The standard InChI is InChI=1S/C12H18N2OS/c1-2-10(15)9-14-7-3-5-11(13-14)12-6-4-8-16-12/h4,6,8,10,15H,2-3,5,7,9H2,1H3. The third-order valence-corrected chi connectivity index (χ3v) is 3.71. The van der Waals surface area contributed by atoms with Crippen LogP contribution in [0.15, 0.2) is 22.6 Å². The molecule has 0 radical (unpaired) electrons. The Morgan fingerprint density at radius 1 is 1.62 bits per heavy atom. The Balaban J connectivity index is 2.04. The molecule has 2 rings (SSSR count). The number of rotatable bonds is 4. The highest BCUT2D eigenvalue weighted by atomic mass is 32.1. The first-order valence-corrected chi connectivity index (χ1v) is 6.72. The van der Waals surface area contributed by atoms with Gasteiger partial charge < -0.3 is 5.11 Å². The van der Waals surface area contributed by atoms with Crippen LogP contribution in [-0.4, -0.2) is 35.0 Å². The maximum absolute atomic E-state index is 9.62. The normalized spacial score (nSPS) is 18.4. The van der Waals surface area contributed by atoms with E-state index in [-0.39, 0.29) is 6.10 Å². The lowest BCUT2D eigenvalue weighted by Gasteiger charge is -2.26. The molecule has 0 bridgehead atoms. The molecule has 1 aromatic heterocycles. The molecule has 4 heteroatoms. The summed E-state index contributed by atoms with van der Waals surface area (Å²) in [5, 5.41) is 18.3. The monoisotopic (exact) mass is 238 g/mol. The van der Waals surface area contributed by atoms with Gasteiger partial charge in [0.15, 0.2) is 0 Å². The van der Waals surface area contributed by atoms with Crippen LogP contribution in [0.3, 0.4) is 0 Å². The molecule has 1 atom stereocenters. The molecule has 16 heavy (non-hydrogen) atoms. The van der Waals surface area contributed by atoms with Crippen molar-refractivity contribution in [2.75, 3.05) is 13.1 Å². The highest BCUT2D eigenvalue weighted by Crippen LogP contribution is 2.18. The first-order valence-electron chi connectivity index (χ1n) is 5.84. The summed E-state index contributed by atoms with van der Waals surface area (Å²) in [6.07, 6.45) is 2.72. The smallest absolute Gasteiger partial charge is 0.0777 e. The van der Waals surface area contributed by atoms with Crippen LogP contribution in [0.2, 0.25) is 0 Å². The molecule has 1 unspecified atom stereocenters. The molecule has 1 aromatic rings. The molecule has 88 valence electrons. The fourth-order valence-electron chi connectivity index (χ4n) is 1.82. The Morgan fingerprint density at radius 3 is 3.19 bits per heavy atom. The molecule has 0 spiro atoms. The summed E-state index contributed by atoms with van der Waals surface area (Å²) in [6.45, 7) is 3.62. The zero-order valence-corrected chi connectivity index (χ0v) is 10.4. The lowest BCUT2D eigenvalue weighted by atomic mass is 10.1. The lowest BCUT2D eigenvalue weighted by molar-refractivity contribution is 0.108. The van der Waals surface area contributed by atoms with E-state index in [1.54, 1.807) is 11.3 Å². The number of thiophene rings is 1. The molecule has 0 fully saturated rings. The highest BCUT2D eigenvalue weighted by molar-refractivity contribution is 7.12. The number of β-amino-alcohol motifs (C(OH)–C–C–N with tert-alkyl or cyclic N) is 1. The van der Waals surface area contributed by atoms with E-state index in [4.69, 9.17) is 0 Å². The SMILES string of the molecule is CCC(O)CN1CCCC(c2cccs2)=N1. The van der Waals surface area contributed by atoms with Crippen molar-refractivity contribution in [1.29, 1.82) is 0 Å². The van der Waals surface area contributed by atoms with Crippen molar-refractivity contribution in [2.24, 2.45) is 5.10 Å². The van der Waals surface area contributed by atoms with E-state index < -0.39 is 0 Å². The van der Waals surface area contributed by atoms with E-state index in [0.29, 0.717) is 6.54 Å². The van der Waals surface area contributed by atoms with E-state index >= 15 is 0 Å². The average Bonchev–Trinajstić information content (AvgIpc) is 2.83. The quantitative estimate of drug-likeness (QED) is 0.874. The molecule has 3 nitrogen and oxygen atoms in total. The summed E-state index contributed by atoms with van der Waals surface area (Å²) in [4.78, 5) is 1.26. The predicted octanol–water partition coefficient (Wildman–Crippen LogP) is 2.32. The fraction of sp³-hybridized carbons (Fsp3) is 0.583. The third kappa shape index (κ3) is 2.83. The van der Waals surface area contributed by atoms with Gasteiger partial charge in [0.2, 0.25) is 0 Å². The predicted molar refractivity (Wildman–Crippen MR) is 68.0 cm³/mol. The Hall–Kier alpha value is -0.870. The van der Waals surface area contributed by atoms with Crippen molar-refractivity contribution in [2.45, 2.75) is 32.3 Å². The van der Waals surface area contributed by atoms with Gasteiger partial charge >= 0.3 is 0 Å². The summed E-state index contributed by atoms with van der Waals surface area (Å²) in [5.74, 6) is 0. The van der Waals surface area contributed by atoms with Gasteiger partial charge in [-0.15, -0.1) is 11.3 Å². The minimum absolute atomic E-state index is 0.258. The zero-order valence-electron chi connectivity index (χ0n) is 9.59. The second kappa shape index (κ2) is 5.46. The molecule has 0 saturated heterocycles.